The molecule has 0 aromatic rings. The Hall–Kier alpha value is -0.520. The van der Waals surface area contributed by atoms with Crippen molar-refractivity contribution in [1.82, 2.24) is 0 Å². The van der Waals surface area contributed by atoms with E-state index in [0.717, 1.165) is 6.42 Å². The minimum atomic E-state index is 1.12. The van der Waals surface area contributed by atoms with Crippen LogP contribution in [-0.4, -0.2) is 0 Å². The Bertz CT molecular complexity index is 184. The SMILES string of the molecule is C=C(CC)C1=C(C)CCCC1.CC. The average Bonchev–Trinajstić information content (AvgIpc) is 2.20. The summed E-state index contributed by atoms with van der Waals surface area (Å²) in [6.45, 7) is 12.5. The molecule has 0 unspecified atom stereocenters. The molecule has 0 heteroatoms. The fourth-order valence-corrected chi connectivity index (χ4v) is 1.75. The molecule has 0 saturated carbocycles. The predicted molar refractivity (Wildman–Crippen MR) is 61.9 cm³/mol. The first kappa shape index (κ1) is 12.5. The topological polar surface area (TPSA) is 0 Å². The standard InChI is InChI=1S/C11H18.C2H6/c1-4-9(2)11-8-6-5-7-10(11)3;1-2/h2,4-8H2,1,3H3;1-2H3. The molecule has 0 aliphatic heterocycles. The first-order valence-corrected chi connectivity index (χ1v) is 5.62. The van der Waals surface area contributed by atoms with Crippen LogP contribution in [-0.2, 0) is 0 Å². The van der Waals surface area contributed by atoms with Crippen LogP contribution in [0, 0.1) is 0 Å². The summed E-state index contributed by atoms with van der Waals surface area (Å²) in [7, 11) is 0. The highest BCUT2D eigenvalue weighted by Gasteiger charge is 2.09. The number of rotatable bonds is 2. The zero-order chi connectivity index (χ0) is 10.3. The van der Waals surface area contributed by atoms with Gasteiger partial charge >= 0.3 is 0 Å². The van der Waals surface area contributed by atoms with E-state index in [4.69, 9.17) is 0 Å². The second-order valence-corrected chi connectivity index (χ2v) is 3.42. The highest BCUT2D eigenvalue weighted by Crippen LogP contribution is 2.29. The third kappa shape index (κ3) is 3.80. The van der Waals surface area contributed by atoms with Crippen LogP contribution in [0.15, 0.2) is 23.3 Å². The van der Waals surface area contributed by atoms with Crippen molar-refractivity contribution in [3.63, 3.8) is 0 Å². The zero-order valence-electron chi connectivity index (χ0n) is 9.74. The first-order chi connectivity index (χ1) is 6.25. The van der Waals surface area contributed by atoms with Crippen LogP contribution in [0.3, 0.4) is 0 Å². The van der Waals surface area contributed by atoms with Gasteiger partial charge in [-0.05, 0) is 44.6 Å². The van der Waals surface area contributed by atoms with Gasteiger partial charge in [0.15, 0.2) is 0 Å². The maximum Gasteiger partial charge on any atom is -0.0277 e. The van der Waals surface area contributed by atoms with E-state index in [9.17, 15) is 0 Å². The summed E-state index contributed by atoms with van der Waals surface area (Å²) in [5.41, 5.74) is 4.52. The molecule has 0 bridgehead atoms. The van der Waals surface area contributed by atoms with Gasteiger partial charge < -0.3 is 0 Å². The summed E-state index contributed by atoms with van der Waals surface area (Å²) >= 11 is 0. The molecule has 0 nitrogen and oxygen atoms in total. The number of hydrogen-bond donors (Lipinski definition) is 0. The van der Waals surface area contributed by atoms with E-state index >= 15 is 0 Å². The molecule has 0 atom stereocenters. The average molecular weight is 180 g/mol. The van der Waals surface area contributed by atoms with Crippen LogP contribution in [0.1, 0.15) is 59.8 Å². The summed E-state index contributed by atoms with van der Waals surface area (Å²) in [5, 5.41) is 0. The molecule has 0 fully saturated rings. The molecular formula is C13H24. The molecule has 0 saturated heterocycles. The first-order valence-electron chi connectivity index (χ1n) is 5.62. The Labute approximate surface area is 83.7 Å². The molecule has 13 heavy (non-hydrogen) atoms. The maximum atomic E-state index is 4.09. The minimum absolute atomic E-state index is 1.12. The van der Waals surface area contributed by atoms with Crippen molar-refractivity contribution in [2.24, 2.45) is 0 Å². The van der Waals surface area contributed by atoms with E-state index < -0.39 is 0 Å². The van der Waals surface area contributed by atoms with Crippen LogP contribution in [0.5, 0.6) is 0 Å². The van der Waals surface area contributed by atoms with Gasteiger partial charge in [0, 0.05) is 0 Å². The lowest BCUT2D eigenvalue weighted by molar-refractivity contribution is 0.673. The van der Waals surface area contributed by atoms with E-state index in [1.54, 1.807) is 11.1 Å². The van der Waals surface area contributed by atoms with Crippen molar-refractivity contribution in [2.45, 2.75) is 59.8 Å². The molecule has 0 heterocycles. The van der Waals surface area contributed by atoms with Crippen molar-refractivity contribution in [1.29, 1.82) is 0 Å². The van der Waals surface area contributed by atoms with E-state index in [0.29, 0.717) is 0 Å². The van der Waals surface area contributed by atoms with Gasteiger partial charge in [-0.3, -0.25) is 0 Å². The number of allylic oxidation sites excluding steroid dienone is 3. The van der Waals surface area contributed by atoms with Gasteiger partial charge in [-0.1, -0.05) is 38.5 Å². The van der Waals surface area contributed by atoms with Crippen LogP contribution in [0.2, 0.25) is 0 Å². The Morgan fingerprint density at radius 1 is 1.23 bits per heavy atom. The second kappa shape index (κ2) is 6.94. The Morgan fingerprint density at radius 2 is 1.77 bits per heavy atom. The van der Waals surface area contributed by atoms with Gasteiger partial charge in [-0.15, -0.1) is 0 Å². The molecular weight excluding hydrogens is 156 g/mol. The van der Waals surface area contributed by atoms with Gasteiger partial charge in [-0.2, -0.15) is 0 Å². The van der Waals surface area contributed by atoms with Crippen molar-refractivity contribution >= 4 is 0 Å². The smallest absolute Gasteiger partial charge is 0.0277 e. The molecule has 1 rings (SSSR count). The highest BCUT2D eigenvalue weighted by molar-refractivity contribution is 5.33. The molecule has 0 N–H and O–H groups in total. The third-order valence-electron chi connectivity index (χ3n) is 2.60. The summed E-state index contributed by atoms with van der Waals surface area (Å²) in [6.07, 6.45) is 6.44. The predicted octanol–water partition coefficient (Wildman–Crippen LogP) is 4.87. The Balaban J connectivity index is 0.000000671. The van der Waals surface area contributed by atoms with Crippen LogP contribution >= 0.6 is 0 Å². The van der Waals surface area contributed by atoms with Crippen molar-refractivity contribution in [2.75, 3.05) is 0 Å². The quantitative estimate of drug-likeness (QED) is 0.568. The molecule has 0 aromatic carbocycles. The van der Waals surface area contributed by atoms with Crippen molar-refractivity contribution in [3.8, 4) is 0 Å². The second-order valence-electron chi connectivity index (χ2n) is 3.42. The van der Waals surface area contributed by atoms with Crippen molar-refractivity contribution in [3.05, 3.63) is 23.3 Å². The van der Waals surface area contributed by atoms with E-state index in [-0.39, 0.29) is 0 Å². The molecule has 0 radical (unpaired) electrons. The third-order valence-corrected chi connectivity index (χ3v) is 2.60. The molecule has 0 amide bonds. The zero-order valence-corrected chi connectivity index (χ0v) is 9.74. The molecule has 0 aromatic heterocycles. The normalized spacial score (nSPS) is 16.3. The summed E-state index contributed by atoms with van der Waals surface area (Å²) in [6, 6.07) is 0. The van der Waals surface area contributed by atoms with Crippen LogP contribution in [0.25, 0.3) is 0 Å². The van der Waals surface area contributed by atoms with Crippen molar-refractivity contribution < 1.29 is 0 Å². The monoisotopic (exact) mass is 180 g/mol. The largest absolute Gasteiger partial charge is 0.0956 e. The lowest BCUT2D eigenvalue weighted by Gasteiger charge is -2.18. The molecule has 0 spiro atoms. The summed E-state index contributed by atoms with van der Waals surface area (Å²) < 4.78 is 0. The molecule has 1 aliphatic rings. The maximum absolute atomic E-state index is 4.09. The molecule has 1 aliphatic carbocycles. The van der Waals surface area contributed by atoms with Crippen LogP contribution in [0.4, 0.5) is 0 Å². The van der Waals surface area contributed by atoms with E-state index in [1.165, 1.54) is 31.3 Å². The minimum Gasteiger partial charge on any atom is -0.0956 e. The van der Waals surface area contributed by atoms with Gasteiger partial charge in [0.2, 0.25) is 0 Å². The lowest BCUT2D eigenvalue weighted by atomic mass is 9.88. The highest BCUT2D eigenvalue weighted by atomic mass is 14.2. The Kier molecular flexibility index (Phi) is 6.66. The summed E-state index contributed by atoms with van der Waals surface area (Å²) in [5.74, 6) is 0. The fourth-order valence-electron chi connectivity index (χ4n) is 1.75. The van der Waals surface area contributed by atoms with Gasteiger partial charge in [0.05, 0.1) is 0 Å². The Morgan fingerprint density at radius 3 is 2.23 bits per heavy atom. The van der Waals surface area contributed by atoms with Gasteiger partial charge in [0.25, 0.3) is 0 Å². The number of hydrogen-bond acceptors (Lipinski definition) is 0. The summed E-state index contributed by atoms with van der Waals surface area (Å²) in [4.78, 5) is 0. The van der Waals surface area contributed by atoms with Gasteiger partial charge in [-0.25, -0.2) is 0 Å². The molecule has 76 valence electrons. The fraction of sp³-hybridized carbons (Fsp3) is 0.692. The van der Waals surface area contributed by atoms with E-state index in [1.807, 2.05) is 13.8 Å². The van der Waals surface area contributed by atoms with Gasteiger partial charge in [0.1, 0.15) is 0 Å². The van der Waals surface area contributed by atoms with E-state index in [2.05, 4.69) is 20.4 Å². The lowest BCUT2D eigenvalue weighted by Crippen LogP contribution is -1.98. The van der Waals surface area contributed by atoms with Crippen LogP contribution < -0.4 is 0 Å².